The Morgan fingerprint density at radius 3 is 3.00 bits per heavy atom. The molecule has 6 heteroatoms. The summed E-state index contributed by atoms with van der Waals surface area (Å²) in [5, 5.41) is 4.37. The smallest absolute Gasteiger partial charge is 0.110 e. The SMILES string of the molecule is CCS(=O)CCNC(C)c1ncc(Br)s1. The molecule has 86 valence electrons. The van der Waals surface area contributed by atoms with Gasteiger partial charge < -0.3 is 5.32 Å². The number of halogens is 1. The summed E-state index contributed by atoms with van der Waals surface area (Å²) in [6, 6.07) is 0.232. The van der Waals surface area contributed by atoms with Crippen LogP contribution in [0.15, 0.2) is 9.98 Å². The van der Waals surface area contributed by atoms with Crippen LogP contribution < -0.4 is 5.32 Å². The fraction of sp³-hybridized carbons (Fsp3) is 0.667. The standard InChI is InChI=1S/C9H15BrN2OS2/c1-3-15(13)5-4-11-7(2)9-12-6-8(10)14-9/h6-7,11H,3-5H2,1-2H3. The zero-order valence-corrected chi connectivity index (χ0v) is 12.0. The lowest BCUT2D eigenvalue weighted by atomic mass is 10.3. The molecule has 15 heavy (non-hydrogen) atoms. The fourth-order valence-corrected chi connectivity index (χ4v) is 2.99. The van der Waals surface area contributed by atoms with Gasteiger partial charge in [0.2, 0.25) is 0 Å². The van der Waals surface area contributed by atoms with Crippen LogP contribution in [0, 0.1) is 0 Å². The minimum absolute atomic E-state index is 0.232. The van der Waals surface area contributed by atoms with E-state index in [0.717, 1.165) is 21.1 Å². The van der Waals surface area contributed by atoms with Gasteiger partial charge in [-0.15, -0.1) is 11.3 Å². The van der Waals surface area contributed by atoms with Crippen LogP contribution in [0.1, 0.15) is 24.9 Å². The third kappa shape index (κ3) is 4.72. The highest BCUT2D eigenvalue weighted by atomic mass is 79.9. The van der Waals surface area contributed by atoms with E-state index in [9.17, 15) is 4.21 Å². The second-order valence-corrected chi connectivity index (χ2v) is 7.42. The molecule has 0 fully saturated rings. The summed E-state index contributed by atoms with van der Waals surface area (Å²) in [6.07, 6.45) is 1.81. The first-order valence-corrected chi connectivity index (χ1v) is 7.92. The van der Waals surface area contributed by atoms with Gasteiger partial charge in [-0.3, -0.25) is 4.21 Å². The van der Waals surface area contributed by atoms with Gasteiger partial charge in [0.15, 0.2) is 0 Å². The van der Waals surface area contributed by atoms with Crippen LogP contribution in [-0.4, -0.2) is 27.2 Å². The van der Waals surface area contributed by atoms with E-state index in [1.807, 2.05) is 13.1 Å². The van der Waals surface area contributed by atoms with E-state index in [1.165, 1.54) is 0 Å². The van der Waals surface area contributed by atoms with Gasteiger partial charge in [0.1, 0.15) is 5.01 Å². The van der Waals surface area contributed by atoms with Crippen molar-refractivity contribution in [2.75, 3.05) is 18.1 Å². The average Bonchev–Trinajstić information content (AvgIpc) is 2.64. The Morgan fingerprint density at radius 2 is 2.47 bits per heavy atom. The Morgan fingerprint density at radius 1 is 1.73 bits per heavy atom. The molecule has 0 bridgehead atoms. The van der Waals surface area contributed by atoms with Crippen molar-refractivity contribution in [2.45, 2.75) is 19.9 Å². The van der Waals surface area contributed by atoms with Crippen LogP contribution >= 0.6 is 27.3 Å². The molecule has 0 aromatic carbocycles. The second kappa shape index (κ2) is 6.73. The number of thiazole rings is 1. The number of rotatable bonds is 6. The average molecular weight is 311 g/mol. The predicted molar refractivity (Wildman–Crippen MR) is 69.8 cm³/mol. The van der Waals surface area contributed by atoms with Gasteiger partial charge in [-0.05, 0) is 22.9 Å². The lowest BCUT2D eigenvalue weighted by molar-refractivity contribution is 0.593. The van der Waals surface area contributed by atoms with Gasteiger partial charge in [0.25, 0.3) is 0 Å². The normalized spacial score (nSPS) is 15.1. The Hall–Kier alpha value is 0.220. The van der Waals surface area contributed by atoms with Crippen LogP contribution in [-0.2, 0) is 10.8 Å². The van der Waals surface area contributed by atoms with Gasteiger partial charge in [-0.25, -0.2) is 4.98 Å². The first-order chi connectivity index (χ1) is 7.13. The number of nitrogens with one attached hydrogen (secondary N) is 1. The highest BCUT2D eigenvalue weighted by Crippen LogP contribution is 2.23. The van der Waals surface area contributed by atoms with Gasteiger partial charge in [0, 0.05) is 28.9 Å². The quantitative estimate of drug-likeness (QED) is 0.877. The van der Waals surface area contributed by atoms with E-state index >= 15 is 0 Å². The van der Waals surface area contributed by atoms with Crippen molar-refractivity contribution in [2.24, 2.45) is 0 Å². The van der Waals surface area contributed by atoms with Gasteiger partial charge in [-0.2, -0.15) is 0 Å². The summed E-state index contributed by atoms with van der Waals surface area (Å²) in [6.45, 7) is 4.79. The van der Waals surface area contributed by atoms with Crippen molar-refractivity contribution in [3.05, 3.63) is 15.0 Å². The van der Waals surface area contributed by atoms with E-state index < -0.39 is 10.8 Å². The Kier molecular flexibility index (Phi) is 5.96. The molecule has 0 aliphatic rings. The molecule has 2 unspecified atom stereocenters. The second-order valence-electron chi connectivity index (χ2n) is 3.11. The van der Waals surface area contributed by atoms with Crippen LogP contribution in [0.25, 0.3) is 0 Å². The van der Waals surface area contributed by atoms with Crippen molar-refractivity contribution in [1.82, 2.24) is 10.3 Å². The van der Waals surface area contributed by atoms with E-state index in [-0.39, 0.29) is 6.04 Å². The molecule has 3 nitrogen and oxygen atoms in total. The molecule has 1 rings (SSSR count). The van der Waals surface area contributed by atoms with Gasteiger partial charge in [-0.1, -0.05) is 6.92 Å². The van der Waals surface area contributed by atoms with Crippen molar-refractivity contribution >= 4 is 38.1 Å². The summed E-state index contributed by atoms with van der Waals surface area (Å²) >= 11 is 5.01. The number of hydrogen-bond donors (Lipinski definition) is 1. The topological polar surface area (TPSA) is 42.0 Å². The summed E-state index contributed by atoms with van der Waals surface area (Å²) in [7, 11) is -0.683. The minimum Gasteiger partial charge on any atom is -0.307 e. The Bertz CT molecular complexity index is 330. The third-order valence-electron chi connectivity index (χ3n) is 1.97. The molecule has 0 aliphatic heterocycles. The molecule has 1 N–H and O–H groups in total. The van der Waals surface area contributed by atoms with Crippen molar-refractivity contribution in [1.29, 1.82) is 0 Å². The van der Waals surface area contributed by atoms with Crippen molar-refractivity contribution in [3.63, 3.8) is 0 Å². The molecule has 0 radical (unpaired) electrons. The van der Waals surface area contributed by atoms with Crippen LogP contribution in [0.3, 0.4) is 0 Å². The summed E-state index contributed by atoms with van der Waals surface area (Å²) in [4.78, 5) is 4.27. The number of aromatic nitrogens is 1. The molecule has 0 aliphatic carbocycles. The van der Waals surface area contributed by atoms with E-state index in [2.05, 4.69) is 33.2 Å². The zero-order chi connectivity index (χ0) is 11.3. The largest absolute Gasteiger partial charge is 0.307 e. The lowest BCUT2D eigenvalue weighted by Crippen LogP contribution is -2.24. The highest BCUT2D eigenvalue weighted by Gasteiger charge is 2.08. The first-order valence-electron chi connectivity index (χ1n) is 4.83. The van der Waals surface area contributed by atoms with E-state index in [0.29, 0.717) is 5.75 Å². The van der Waals surface area contributed by atoms with E-state index in [1.54, 1.807) is 11.3 Å². The number of hydrogen-bond acceptors (Lipinski definition) is 4. The van der Waals surface area contributed by atoms with Gasteiger partial charge >= 0.3 is 0 Å². The molecule has 1 aromatic rings. The van der Waals surface area contributed by atoms with Crippen molar-refractivity contribution < 1.29 is 4.21 Å². The summed E-state index contributed by atoms with van der Waals surface area (Å²) in [5.41, 5.74) is 0. The lowest BCUT2D eigenvalue weighted by Gasteiger charge is -2.10. The molecule has 0 amide bonds. The molecule has 1 aromatic heterocycles. The predicted octanol–water partition coefficient (Wildman–Crippen LogP) is 2.32. The maximum absolute atomic E-state index is 11.2. The maximum atomic E-state index is 11.2. The zero-order valence-electron chi connectivity index (χ0n) is 8.83. The Labute approximate surface area is 105 Å². The van der Waals surface area contributed by atoms with Crippen LogP contribution in [0.2, 0.25) is 0 Å². The molecular weight excluding hydrogens is 296 g/mol. The van der Waals surface area contributed by atoms with Crippen molar-refractivity contribution in [3.8, 4) is 0 Å². The molecule has 0 saturated carbocycles. The minimum atomic E-state index is -0.683. The molecular formula is C9H15BrN2OS2. The number of nitrogens with zero attached hydrogens (tertiary/aromatic N) is 1. The summed E-state index contributed by atoms with van der Waals surface area (Å²) < 4.78 is 12.2. The molecule has 2 atom stereocenters. The maximum Gasteiger partial charge on any atom is 0.110 e. The van der Waals surface area contributed by atoms with E-state index in [4.69, 9.17) is 0 Å². The molecule has 1 heterocycles. The highest BCUT2D eigenvalue weighted by molar-refractivity contribution is 9.11. The fourth-order valence-electron chi connectivity index (χ4n) is 1.09. The Balaban J connectivity index is 2.30. The van der Waals surface area contributed by atoms with Crippen LogP contribution in [0.5, 0.6) is 0 Å². The third-order valence-corrected chi connectivity index (χ3v) is 4.93. The summed E-state index contributed by atoms with van der Waals surface area (Å²) in [5.74, 6) is 1.45. The molecule has 0 spiro atoms. The van der Waals surface area contributed by atoms with Gasteiger partial charge in [0.05, 0.1) is 16.0 Å². The first kappa shape index (κ1) is 13.3. The molecule has 0 saturated heterocycles. The monoisotopic (exact) mass is 310 g/mol. The van der Waals surface area contributed by atoms with Crippen LogP contribution in [0.4, 0.5) is 0 Å².